The molecule has 0 radical (unpaired) electrons. The minimum Gasteiger partial charge on any atom is -0.394 e. The highest BCUT2D eigenvalue weighted by Crippen LogP contribution is 2.20. The second-order valence-corrected chi connectivity index (χ2v) is 4.09. The van der Waals surface area contributed by atoms with Crippen LogP contribution < -0.4 is 5.32 Å². The van der Waals surface area contributed by atoms with Crippen molar-refractivity contribution in [1.82, 2.24) is 5.32 Å². The van der Waals surface area contributed by atoms with Gasteiger partial charge >= 0.3 is 0 Å². The third kappa shape index (κ3) is 3.12. The van der Waals surface area contributed by atoms with Gasteiger partial charge in [-0.15, -0.1) is 0 Å². The fourth-order valence-corrected chi connectivity index (χ4v) is 1.61. The van der Waals surface area contributed by atoms with Crippen molar-refractivity contribution >= 4 is 0 Å². The van der Waals surface area contributed by atoms with Crippen LogP contribution in [0.25, 0.3) is 0 Å². The van der Waals surface area contributed by atoms with E-state index in [1.54, 1.807) is 0 Å². The maximum absolute atomic E-state index is 9.62. The molecule has 1 aliphatic rings. The summed E-state index contributed by atoms with van der Waals surface area (Å²) >= 11 is 0. The summed E-state index contributed by atoms with van der Waals surface area (Å²) in [6.45, 7) is 4.33. The molecule has 1 rings (SSSR count). The van der Waals surface area contributed by atoms with Gasteiger partial charge in [-0.2, -0.15) is 0 Å². The molecule has 0 saturated carbocycles. The molecule has 5 nitrogen and oxygen atoms in total. The predicted molar refractivity (Wildman–Crippen MR) is 55.5 cm³/mol. The molecule has 5 heteroatoms. The Morgan fingerprint density at radius 1 is 1.27 bits per heavy atom. The van der Waals surface area contributed by atoms with Crippen molar-refractivity contribution < 1.29 is 20.1 Å². The standard InChI is InChI=1S/C10H21NO4/c1-3-6(2)11-4-7-9(13)10(14)8(5-12)15-7/h6-14H,3-5H2,1-2H3/t6-,7-,8-,9-,10-/m1/s1. The third-order valence-corrected chi connectivity index (χ3v) is 2.92. The van der Waals surface area contributed by atoms with Crippen molar-refractivity contribution in [3.05, 3.63) is 0 Å². The molecule has 0 unspecified atom stereocenters. The molecular formula is C10H21NO4. The number of ether oxygens (including phenoxy) is 1. The van der Waals surface area contributed by atoms with E-state index in [9.17, 15) is 10.2 Å². The van der Waals surface area contributed by atoms with Gasteiger partial charge in [-0.3, -0.25) is 0 Å². The summed E-state index contributed by atoms with van der Waals surface area (Å²) in [5.41, 5.74) is 0. The Kier molecular flexibility index (Phi) is 4.95. The molecule has 1 fully saturated rings. The summed E-state index contributed by atoms with van der Waals surface area (Å²) in [6.07, 6.45) is -2.01. The van der Waals surface area contributed by atoms with Crippen LogP contribution in [0.5, 0.6) is 0 Å². The zero-order valence-corrected chi connectivity index (χ0v) is 9.26. The fourth-order valence-electron chi connectivity index (χ4n) is 1.61. The number of hydrogen-bond donors (Lipinski definition) is 4. The van der Waals surface area contributed by atoms with E-state index in [0.717, 1.165) is 6.42 Å². The lowest BCUT2D eigenvalue weighted by atomic mass is 10.1. The average Bonchev–Trinajstić information content (AvgIpc) is 2.52. The lowest BCUT2D eigenvalue weighted by Crippen LogP contribution is -2.40. The lowest BCUT2D eigenvalue weighted by molar-refractivity contribution is -0.0217. The highest BCUT2D eigenvalue weighted by Gasteiger charge is 2.41. The summed E-state index contributed by atoms with van der Waals surface area (Å²) in [5.74, 6) is 0. The largest absolute Gasteiger partial charge is 0.394 e. The number of aliphatic hydroxyl groups excluding tert-OH is 3. The zero-order chi connectivity index (χ0) is 11.4. The Balaban J connectivity index is 2.37. The first-order valence-electron chi connectivity index (χ1n) is 5.46. The first-order chi connectivity index (χ1) is 7.10. The van der Waals surface area contributed by atoms with Gasteiger partial charge in [0.05, 0.1) is 12.7 Å². The monoisotopic (exact) mass is 219 g/mol. The minimum absolute atomic E-state index is 0.266. The summed E-state index contributed by atoms with van der Waals surface area (Å²) in [6, 6.07) is 0.353. The van der Waals surface area contributed by atoms with Crippen LogP contribution in [0.15, 0.2) is 0 Å². The maximum atomic E-state index is 9.62. The fraction of sp³-hybridized carbons (Fsp3) is 1.00. The van der Waals surface area contributed by atoms with Gasteiger partial charge in [0.25, 0.3) is 0 Å². The molecule has 4 N–H and O–H groups in total. The van der Waals surface area contributed by atoms with Crippen molar-refractivity contribution in [2.75, 3.05) is 13.2 Å². The topological polar surface area (TPSA) is 82.0 Å². The average molecular weight is 219 g/mol. The first-order valence-corrected chi connectivity index (χ1v) is 5.46. The van der Waals surface area contributed by atoms with E-state index in [-0.39, 0.29) is 6.61 Å². The summed E-state index contributed by atoms with van der Waals surface area (Å²) in [5, 5.41) is 31.2. The van der Waals surface area contributed by atoms with Gasteiger partial charge in [-0.1, -0.05) is 6.92 Å². The van der Waals surface area contributed by atoms with Crippen LogP contribution in [0.3, 0.4) is 0 Å². The van der Waals surface area contributed by atoms with Gasteiger partial charge in [0, 0.05) is 12.6 Å². The molecule has 15 heavy (non-hydrogen) atoms. The van der Waals surface area contributed by atoms with Crippen molar-refractivity contribution in [2.45, 2.75) is 50.7 Å². The quantitative estimate of drug-likeness (QED) is 0.470. The predicted octanol–water partition coefficient (Wildman–Crippen LogP) is -1.14. The number of hydrogen-bond acceptors (Lipinski definition) is 5. The SMILES string of the molecule is CC[C@@H](C)NC[C@H]1O[C@H](CO)[C@@H](O)[C@@H]1O. The van der Waals surface area contributed by atoms with E-state index < -0.39 is 24.4 Å². The zero-order valence-electron chi connectivity index (χ0n) is 9.26. The van der Waals surface area contributed by atoms with Crippen LogP contribution in [-0.2, 0) is 4.74 Å². The van der Waals surface area contributed by atoms with Crippen LogP contribution >= 0.6 is 0 Å². The van der Waals surface area contributed by atoms with Gasteiger partial charge in [-0.05, 0) is 13.3 Å². The van der Waals surface area contributed by atoms with Crippen LogP contribution in [0, 0.1) is 0 Å². The van der Waals surface area contributed by atoms with Crippen LogP contribution in [0.2, 0.25) is 0 Å². The minimum atomic E-state index is -0.987. The van der Waals surface area contributed by atoms with E-state index in [0.29, 0.717) is 12.6 Å². The molecule has 0 spiro atoms. The van der Waals surface area contributed by atoms with Gasteiger partial charge in [0.15, 0.2) is 0 Å². The van der Waals surface area contributed by atoms with Gasteiger partial charge in [0.1, 0.15) is 18.3 Å². The van der Waals surface area contributed by atoms with E-state index in [2.05, 4.69) is 12.2 Å². The Morgan fingerprint density at radius 2 is 1.87 bits per heavy atom. The molecule has 0 aliphatic carbocycles. The first kappa shape index (κ1) is 12.9. The maximum Gasteiger partial charge on any atom is 0.111 e. The van der Waals surface area contributed by atoms with Crippen LogP contribution in [-0.4, -0.2) is 58.9 Å². The molecule has 0 bridgehead atoms. The molecule has 90 valence electrons. The Hall–Kier alpha value is -0.200. The normalized spacial score (nSPS) is 38.2. The third-order valence-electron chi connectivity index (χ3n) is 2.92. The molecule has 0 aromatic rings. The van der Waals surface area contributed by atoms with E-state index in [1.165, 1.54) is 0 Å². The van der Waals surface area contributed by atoms with Crippen molar-refractivity contribution in [3.63, 3.8) is 0 Å². The van der Waals surface area contributed by atoms with Crippen LogP contribution in [0.1, 0.15) is 20.3 Å². The van der Waals surface area contributed by atoms with E-state index in [1.807, 2.05) is 6.92 Å². The molecule has 0 aromatic carbocycles. The molecule has 5 atom stereocenters. The van der Waals surface area contributed by atoms with Crippen molar-refractivity contribution in [1.29, 1.82) is 0 Å². The molecule has 1 aliphatic heterocycles. The molecule has 0 aromatic heterocycles. The van der Waals surface area contributed by atoms with Gasteiger partial charge < -0.3 is 25.4 Å². The van der Waals surface area contributed by atoms with Gasteiger partial charge in [0.2, 0.25) is 0 Å². The number of nitrogens with one attached hydrogen (secondary N) is 1. The number of aliphatic hydroxyl groups is 3. The molecule has 1 saturated heterocycles. The highest BCUT2D eigenvalue weighted by molar-refractivity contribution is 4.91. The smallest absolute Gasteiger partial charge is 0.111 e. The Bertz CT molecular complexity index is 190. The molecule has 1 heterocycles. The van der Waals surface area contributed by atoms with E-state index >= 15 is 0 Å². The second-order valence-electron chi connectivity index (χ2n) is 4.09. The van der Waals surface area contributed by atoms with Crippen molar-refractivity contribution in [2.24, 2.45) is 0 Å². The Labute approximate surface area is 90.1 Å². The van der Waals surface area contributed by atoms with Crippen LogP contribution in [0.4, 0.5) is 0 Å². The summed E-state index contributed by atoms with van der Waals surface area (Å²) < 4.78 is 5.32. The summed E-state index contributed by atoms with van der Waals surface area (Å²) in [4.78, 5) is 0. The summed E-state index contributed by atoms with van der Waals surface area (Å²) in [7, 11) is 0. The van der Waals surface area contributed by atoms with Crippen molar-refractivity contribution in [3.8, 4) is 0 Å². The molecular weight excluding hydrogens is 198 g/mol. The second kappa shape index (κ2) is 5.77. The lowest BCUT2D eigenvalue weighted by Gasteiger charge is -2.18. The highest BCUT2D eigenvalue weighted by atomic mass is 16.6. The molecule has 0 amide bonds. The Morgan fingerprint density at radius 3 is 2.33 bits per heavy atom. The van der Waals surface area contributed by atoms with Gasteiger partial charge in [-0.25, -0.2) is 0 Å². The van der Waals surface area contributed by atoms with E-state index in [4.69, 9.17) is 9.84 Å². The number of rotatable bonds is 5.